The first-order chi connectivity index (χ1) is 16.8. The lowest BCUT2D eigenvalue weighted by Gasteiger charge is -2.25. The summed E-state index contributed by atoms with van der Waals surface area (Å²) in [6.07, 6.45) is 6.70. The fraction of sp³-hybridized carbons (Fsp3) is 0.269. The molecule has 0 unspecified atom stereocenters. The number of aromatic amines is 1. The van der Waals surface area contributed by atoms with Crippen LogP contribution in [-0.2, 0) is 0 Å². The summed E-state index contributed by atoms with van der Waals surface area (Å²) in [7, 11) is 0. The molecule has 2 N–H and O–H groups in total. The zero-order chi connectivity index (χ0) is 25.1. The highest BCUT2D eigenvalue weighted by Gasteiger charge is 2.19. The third-order valence-corrected chi connectivity index (χ3v) is 6.12. The molecule has 0 spiro atoms. The second-order valence-corrected chi connectivity index (χ2v) is 8.52. The Hall–Kier alpha value is -4.32. The van der Waals surface area contributed by atoms with Crippen LogP contribution in [0.15, 0.2) is 54.0 Å². The summed E-state index contributed by atoms with van der Waals surface area (Å²) in [5.74, 6) is 0.543. The van der Waals surface area contributed by atoms with Gasteiger partial charge in [0.2, 0.25) is 0 Å². The molecule has 0 aromatic carbocycles. The SMILES string of the molecule is C=C(F)C(=C)CN(CCNC#N)c1nc(C)nc2nc(C3=c4cn[nH]c4=CCC(C)=C3C)ccc12. The van der Waals surface area contributed by atoms with Crippen molar-refractivity contribution in [1.82, 2.24) is 30.5 Å². The van der Waals surface area contributed by atoms with Gasteiger partial charge in [0.1, 0.15) is 17.5 Å². The Labute approximate surface area is 202 Å². The van der Waals surface area contributed by atoms with Gasteiger partial charge in [0.05, 0.1) is 22.6 Å². The first kappa shape index (κ1) is 23.8. The van der Waals surface area contributed by atoms with Crippen molar-refractivity contribution in [3.63, 3.8) is 0 Å². The summed E-state index contributed by atoms with van der Waals surface area (Å²) in [6, 6.07) is 3.89. The molecule has 1 aliphatic rings. The topological polar surface area (TPSA) is 106 Å². The largest absolute Gasteiger partial charge is 0.350 e. The zero-order valence-corrected chi connectivity index (χ0v) is 20.1. The molecular formula is C26H27FN8. The molecule has 0 saturated carbocycles. The molecule has 0 atom stereocenters. The molecule has 0 amide bonds. The first-order valence-electron chi connectivity index (χ1n) is 11.3. The number of anilines is 1. The van der Waals surface area contributed by atoms with Crippen LogP contribution < -0.4 is 20.8 Å². The van der Waals surface area contributed by atoms with Crippen LogP contribution in [0.1, 0.15) is 31.8 Å². The highest BCUT2D eigenvalue weighted by Crippen LogP contribution is 2.29. The molecule has 3 aromatic rings. The molecule has 3 aromatic heterocycles. The zero-order valence-electron chi connectivity index (χ0n) is 20.1. The number of aryl methyl sites for hydroxylation is 1. The van der Waals surface area contributed by atoms with Gasteiger partial charge in [-0.3, -0.25) is 5.10 Å². The summed E-state index contributed by atoms with van der Waals surface area (Å²) in [5, 5.41) is 21.5. The average Bonchev–Trinajstić information content (AvgIpc) is 3.24. The summed E-state index contributed by atoms with van der Waals surface area (Å²) < 4.78 is 13.8. The van der Waals surface area contributed by atoms with Crippen molar-refractivity contribution in [3.8, 4) is 6.19 Å². The molecule has 0 saturated heterocycles. The fourth-order valence-corrected chi connectivity index (χ4v) is 4.11. The lowest BCUT2D eigenvalue weighted by Crippen LogP contribution is -2.33. The number of nitriles is 1. The van der Waals surface area contributed by atoms with Gasteiger partial charge in [-0.1, -0.05) is 24.8 Å². The number of nitrogens with zero attached hydrogens (tertiary/aromatic N) is 6. The van der Waals surface area contributed by atoms with Crippen LogP contribution in [0.25, 0.3) is 22.7 Å². The minimum absolute atomic E-state index is 0.169. The average molecular weight is 471 g/mol. The predicted octanol–water partition coefficient (Wildman–Crippen LogP) is 2.69. The van der Waals surface area contributed by atoms with Gasteiger partial charge in [0.15, 0.2) is 11.8 Å². The van der Waals surface area contributed by atoms with E-state index >= 15 is 0 Å². The van der Waals surface area contributed by atoms with E-state index < -0.39 is 5.83 Å². The van der Waals surface area contributed by atoms with Crippen LogP contribution in [0.3, 0.4) is 0 Å². The predicted molar refractivity (Wildman–Crippen MR) is 135 cm³/mol. The normalized spacial score (nSPS) is 13.1. The number of nitrogens with one attached hydrogen (secondary N) is 2. The molecule has 0 bridgehead atoms. The van der Waals surface area contributed by atoms with E-state index in [9.17, 15) is 4.39 Å². The number of H-pyrrole nitrogens is 1. The summed E-state index contributed by atoms with van der Waals surface area (Å²) in [6.45, 7) is 14.1. The number of halogens is 1. The molecule has 0 fully saturated rings. The Balaban J connectivity index is 1.87. The van der Waals surface area contributed by atoms with Gasteiger partial charge < -0.3 is 10.2 Å². The van der Waals surface area contributed by atoms with Gasteiger partial charge in [-0.15, -0.1) is 0 Å². The number of pyridine rings is 1. The molecule has 0 aliphatic heterocycles. The van der Waals surface area contributed by atoms with E-state index in [0.717, 1.165) is 39.2 Å². The highest BCUT2D eigenvalue weighted by atomic mass is 19.1. The Kier molecular flexibility index (Phi) is 6.73. The van der Waals surface area contributed by atoms with Crippen LogP contribution in [0.4, 0.5) is 10.2 Å². The molecule has 178 valence electrons. The van der Waals surface area contributed by atoms with Crippen molar-refractivity contribution in [1.29, 1.82) is 5.26 Å². The number of hydrogen-bond acceptors (Lipinski definition) is 7. The second-order valence-electron chi connectivity index (χ2n) is 8.52. The Morgan fingerprint density at radius 3 is 2.77 bits per heavy atom. The van der Waals surface area contributed by atoms with E-state index in [1.807, 2.05) is 29.4 Å². The maximum Gasteiger partial charge on any atom is 0.176 e. The van der Waals surface area contributed by atoms with Crippen molar-refractivity contribution >= 4 is 28.5 Å². The quantitative estimate of drug-likeness (QED) is 0.226. The van der Waals surface area contributed by atoms with E-state index in [1.54, 1.807) is 6.92 Å². The molecule has 3 heterocycles. The Morgan fingerprint density at radius 2 is 2.03 bits per heavy atom. The number of allylic oxidation sites excluding steroid dienone is 2. The molecule has 35 heavy (non-hydrogen) atoms. The van der Waals surface area contributed by atoms with Gasteiger partial charge in [-0.25, -0.2) is 19.3 Å². The van der Waals surface area contributed by atoms with Gasteiger partial charge in [0, 0.05) is 30.4 Å². The molecule has 4 rings (SSSR count). The van der Waals surface area contributed by atoms with Crippen molar-refractivity contribution in [3.05, 3.63) is 76.1 Å². The van der Waals surface area contributed by atoms with Gasteiger partial charge in [0.25, 0.3) is 0 Å². The third kappa shape index (κ3) is 4.82. The molecule has 1 aliphatic carbocycles. The highest BCUT2D eigenvalue weighted by molar-refractivity contribution is 5.90. The van der Waals surface area contributed by atoms with Crippen molar-refractivity contribution in [2.45, 2.75) is 27.2 Å². The van der Waals surface area contributed by atoms with Gasteiger partial charge >= 0.3 is 0 Å². The lowest BCUT2D eigenvalue weighted by atomic mass is 9.97. The van der Waals surface area contributed by atoms with Crippen LogP contribution in [-0.4, -0.2) is 44.8 Å². The Morgan fingerprint density at radius 1 is 1.23 bits per heavy atom. The number of aromatic nitrogens is 5. The van der Waals surface area contributed by atoms with E-state index in [4.69, 9.17) is 10.2 Å². The van der Waals surface area contributed by atoms with Crippen molar-refractivity contribution in [2.24, 2.45) is 0 Å². The molecular weight excluding hydrogens is 443 g/mol. The second kappa shape index (κ2) is 9.89. The number of rotatable bonds is 8. The minimum atomic E-state index is -0.589. The van der Waals surface area contributed by atoms with Gasteiger partial charge in [-0.05, 0) is 50.5 Å². The van der Waals surface area contributed by atoms with E-state index in [1.165, 1.54) is 5.57 Å². The van der Waals surface area contributed by atoms with E-state index in [-0.39, 0.29) is 12.1 Å². The standard InChI is InChI=1S/C26H27FN8/c1-15-6-8-22-21(12-30-34-22)24(17(15)3)23-9-7-20-25(33-23)31-19(5)32-26(20)35(11-10-29-14-28)13-16(2)18(4)27/h7-9,12,29,34H,2,4,6,10-11,13H2,1,3,5H3. The smallest absolute Gasteiger partial charge is 0.176 e. The lowest BCUT2D eigenvalue weighted by molar-refractivity contribution is 0.643. The third-order valence-electron chi connectivity index (χ3n) is 6.12. The van der Waals surface area contributed by atoms with Crippen LogP contribution in [0.2, 0.25) is 0 Å². The maximum atomic E-state index is 13.8. The number of hydrogen-bond donors (Lipinski definition) is 2. The molecule has 9 heteroatoms. The molecule has 0 radical (unpaired) electrons. The Bertz CT molecular complexity index is 1520. The van der Waals surface area contributed by atoms with E-state index in [0.29, 0.717) is 30.4 Å². The van der Waals surface area contributed by atoms with E-state index in [2.05, 4.69) is 58.6 Å². The van der Waals surface area contributed by atoms with Gasteiger partial charge in [-0.2, -0.15) is 10.4 Å². The van der Waals surface area contributed by atoms with Crippen LogP contribution >= 0.6 is 0 Å². The number of fused-ring (bicyclic) bond motifs is 2. The van der Waals surface area contributed by atoms with Crippen molar-refractivity contribution < 1.29 is 4.39 Å². The van der Waals surface area contributed by atoms with Crippen LogP contribution in [0, 0.1) is 18.4 Å². The monoisotopic (exact) mass is 470 g/mol. The minimum Gasteiger partial charge on any atom is -0.350 e. The summed E-state index contributed by atoms with van der Waals surface area (Å²) in [5.41, 5.74) is 4.98. The fourth-order valence-electron chi connectivity index (χ4n) is 4.11. The maximum absolute atomic E-state index is 13.8. The first-order valence-corrected chi connectivity index (χ1v) is 11.3. The summed E-state index contributed by atoms with van der Waals surface area (Å²) >= 11 is 0. The van der Waals surface area contributed by atoms with Crippen molar-refractivity contribution in [2.75, 3.05) is 24.5 Å². The van der Waals surface area contributed by atoms with Crippen LogP contribution in [0.5, 0.6) is 0 Å². The summed E-state index contributed by atoms with van der Waals surface area (Å²) in [4.78, 5) is 16.0. The molecule has 8 nitrogen and oxygen atoms in total.